The topological polar surface area (TPSA) is 73.9 Å². The molecule has 0 aromatic rings. The van der Waals surface area contributed by atoms with Gasteiger partial charge in [-0.2, -0.15) is 0 Å². The summed E-state index contributed by atoms with van der Waals surface area (Å²) in [4.78, 5) is 21.8. The van der Waals surface area contributed by atoms with Crippen LogP contribution in [0.3, 0.4) is 0 Å². The van der Waals surface area contributed by atoms with Crippen molar-refractivity contribution in [3.8, 4) is 0 Å². The van der Waals surface area contributed by atoms with E-state index in [1.54, 1.807) is 14.0 Å². The van der Waals surface area contributed by atoms with Gasteiger partial charge in [0.2, 0.25) is 12.5 Å². The lowest BCUT2D eigenvalue weighted by Gasteiger charge is -2.41. The van der Waals surface area contributed by atoms with Crippen molar-refractivity contribution < 1.29 is 28.2 Å². The molecule has 0 bridgehead atoms. The predicted molar refractivity (Wildman–Crippen MR) is 59.4 cm³/mol. The third-order valence-corrected chi connectivity index (χ3v) is 2.70. The molecule has 1 aliphatic heterocycles. The van der Waals surface area contributed by atoms with Crippen LogP contribution in [-0.2, 0) is 23.8 Å². The Morgan fingerprint density at radius 3 is 2.22 bits per heavy atom. The highest BCUT2D eigenvalue weighted by atomic mass is 19.1. The first-order valence-electron chi connectivity index (χ1n) is 5.68. The van der Waals surface area contributed by atoms with Crippen molar-refractivity contribution in [2.75, 3.05) is 7.05 Å². The predicted octanol–water partition coefficient (Wildman–Crippen LogP) is 0.152. The molecule has 5 unspecified atom stereocenters. The van der Waals surface area contributed by atoms with Gasteiger partial charge in [0.25, 0.3) is 0 Å². The number of hydrogen-bond acceptors (Lipinski definition) is 6. The molecule has 0 amide bonds. The summed E-state index contributed by atoms with van der Waals surface area (Å²) in [6.07, 6.45) is -4.60. The molecule has 6 nitrogen and oxygen atoms in total. The average molecular weight is 263 g/mol. The molecule has 104 valence electrons. The highest BCUT2D eigenvalue weighted by Gasteiger charge is 2.47. The van der Waals surface area contributed by atoms with E-state index >= 15 is 0 Å². The lowest BCUT2D eigenvalue weighted by atomic mass is 9.98. The average Bonchev–Trinajstić information content (AvgIpc) is 2.24. The molecule has 1 N–H and O–H groups in total. The number of likely N-dealkylation sites (N-methyl/N-ethyl adjacent to an activating group) is 1. The van der Waals surface area contributed by atoms with E-state index in [1.807, 2.05) is 0 Å². The van der Waals surface area contributed by atoms with E-state index < -0.39 is 42.7 Å². The number of carbonyl (C=O) groups excluding carboxylic acids is 2. The number of ether oxygens (including phenoxy) is 3. The fraction of sp³-hybridized carbons (Fsp3) is 0.818. The zero-order valence-corrected chi connectivity index (χ0v) is 10.8. The van der Waals surface area contributed by atoms with Gasteiger partial charge in [-0.25, -0.2) is 4.39 Å². The van der Waals surface area contributed by atoms with Crippen LogP contribution in [0.5, 0.6) is 0 Å². The van der Waals surface area contributed by atoms with Gasteiger partial charge in [-0.1, -0.05) is 0 Å². The van der Waals surface area contributed by atoms with E-state index in [4.69, 9.17) is 14.2 Å². The molecule has 1 aliphatic rings. The number of carbonyl (C=O) groups is 2. The Labute approximate surface area is 105 Å². The normalized spacial score (nSPS) is 35.9. The molecule has 1 fully saturated rings. The van der Waals surface area contributed by atoms with Crippen molar-refractivity contribution in [3.63, 3.8) is 0 Å². The van der Waals surface area contributed by atoms with Crippen molar-refractivity contribution in [2.45, 2.75) is 51.5 Å². The van der Waals surface area contributed by atoms with Gasteiger partial charge in [0.1, 0.15) is 0 Å². The molecule has 0 radical (unpaired) electrons. The van der Waals surface area contributed by atoms with Crippen LogP contribution in [0.4, 0.5) is 4.39 Å². The summed E-state index contributed by atoms with van der Waals surface area (Å²) in [6, 6.07) is -0.504. The number of hydrogen-bond donors (Lipinski definition) is 1. The van der Waals surface area contributed by atoms with Gasteiger partial charge in [-0.15, -0.1) is 0 Å². The van der Waals surface area contributed by atoms with Crippen LogP contribution in [-0.4, -0.2) is 49.7 Å². The van der Waals surface area contributed by atoms with E-state index in [-0.39, 0.29) is 0 Å². The third-order valence-electron chi connectivity index (χ3n) is 2.70. The smallest absolute Gasteiger partial charge is 0.305 e. The number of esters is 2. The molecule has 5 atom stereocenters. The lowest BCUT2D eigenvalue weighted by Crippen LogP contribution is -2.61. The number of rotatable bonds is 3. The Morgan fingerprint density at radius 1 is 1.22 bits per heavy atom. The first kappa shape index (κ1) is 14.8. The van der Waals surface area contributed by atoms with Gasteiger partial charge >= 0.3 is 11.9 Å². The second-order valence-corrected chi connectivity index (χ2v) is 4.15. The second kappa shape index (κ2) is 6.10. The number of alkyl halides is 1. The fourth-order valence-corrected chi connectivity index (χ4v) is 1.98. The van der Waals surface area contributed by atoms with Gasteiger partial charge < -0.3 is 19.5 Å². The first-order valence-corrected chi connectivity index (χ1v) is 5.68. The SMILES string of the molecule is CNC1C(C)OC(OC(C)=O)C(F)C1OC(C)=O. The molecular weight excluding hydrogens is 245 g/mol. The van der Waals surface area contributed by atoms with Crippen molar-refractivity contribution in [2.24, 2.45) is 0 Å². The molecule has 1 heterocycles. The molecule has 0 aromatic carbocycles. The molecule has 1 saturated heterocycles. The molecule has 18 heavy (non-hydrogen) atoms. The zero-order chi connectivity index (χ0) is 13.9. The standard InChI is InChI=1S/C11H18FNO5/c1-5-9(13-4)10(17-6(2)14)8(12)11(16-5)18-7(3)15/h5,8-11,13H,1-4H3. The van der Waals surface area contributed by atoms with Crippen LogP contribution >= 0.6 is 0 Å². The molecule has 7 heteroatoms. The van der Waals surface area contributed by atoms with Gasteiger partial charge in [0.05, 0.1) is 12.1 Å². The van der Waals surface area contributed by atoms with Gasteiger partial charge in [-0.05, 0) is 14.0 Å². The van der Waals surface area contributed by atoms with Crippen molar-refractivity contribution in [1.82, 2.24) is 5.32 Å². The highest BCUT2D eigenvalue weighted by molar-refractivity contribution is 5.67. The summed E-state index contributed by atoms with van der Waals surface area (Å²) >= 11 is 0. The van der Waals surface area contributed by atoms with Crippen LogP contribution in [0.15, 0.2) is 0 Å². The second-order valence-electron chi connectivity index (χ2n) is 4.15. The molecule has 0 aromatic heterocycles. The Hall–Kier alpha value is -1.21. The molecule has 0 aliphatic carbocycles. The Kier molecular flexibility index (Phi) is 5.03. The van der Waals surface area contributed by atoms with Gasteiger partial charge in [0.15, 0.2) is 6.10 Å². The van der Waals surface area contributed by atoms with E-state index in [1.165, 1.54) is 6.92 Å². The van der Waals surface area contributed by atoms with Crippen LogP contribution in [0.1, 0.15) is 20.8 Å². The maximum absolute atomic E-state index is 14.1. The minimum Gasteiger partial charge on any atom is -0.457 e. The van der Waals surface area contributed by atoms with Crippen molar-refractivity contribution in [3.05, 3.63) is 0 Å². The van der Waals surface area contributed by atoms with Crippen LogP contribution < -0.4 is 5.32 Å². The highest BCUT2D eigenvalue weighted by Crippen LogP contribution is 2.26. The lowest BCUT2D eigenvalue weighted by molar-refractivity contribution is -0.251. The van der Waals surface area contributed by atoms with Gasteiger partial charge in [-0.3, -0.25) is 9.59 Å². The largest absolute Gasteiger partial charge is 0.457 e. The molecular formula is C11H18FNO5. The Balaban J connectivity index is 2.85. The molecule has 1 rings (SSSR count). The van der Waals surface area contributed by atoms with Crippen LogP contribution in [0, 0.1) is 0 Å². The molecule has 0 saturated carbocycles. The molecule has 0 spiro atoms. The number of halogens is 1. The van der Waals surface area contributed by atoms with Crippen LogP contribution in [0.25, 0.3) is 0 Å². The van der Waals surface area contributed by atoms with Gasteiger partial charge in [0, 0.05) is 13.8 Å². The summed E-state index contributed by atoms with van der Waals surface area (Å²) in [5.41, 5.74) is 0. The van der Waals surface area contributed by atoms with E-state index in [0.29, 0.717) is 0 Å². The third kappa shape index (κ3) is 3.39. The Morgan fingerprint density at radius 2 is 1.78 bits per heavy atom. The maximum atomic E-state index is 14.1. The Bertz CT molecular complexity index is 325. The monoisotopic (exact) mass is 263 g/mol. The van der Waals surface area contributed by atoms with Crippen molar-refractivity contribution >= 4 is 11.9 Å². The minimum atomic E-state index is -1.73. The summed E-state index contributed by atoms with van der Waals surface area (Å²) in [5, 5.41) is 2.83. The summed E-state index contributed by atoms with van der Waals surface area (Å²) in [7, 11) is 1.61. The zero-order valence-electron chi connectivity index (χ0n) is 10.8. The quantitative estimate of drug-likeness (QED) is 0.731. The van der Waals surface area contributed by atoms with E-state index in [9.17, 15) is 14.0 Å². The summed E-state index contributed by atoms with van der Waals surface area (Å²) in [6.45, 7) is 4.03. The van der Waals surface area contributed by atoms with E-state index in [0.717, 1.165) is 6.92 Å². The van der Waals surface area contributed by atoms with E-state index in [2.05, 4.69) is 5.32 Å². The summed E-state index contributed by atoms with van der Waals surface area (Å²) in [5.74, 6) is -1.25. The minimum absolute atomic E-state index is 0.462. The first-order chi connectivity index (χ1) is 8.36. The maximum Gasteiger partial charge on any atom is 0.305 e. The number of nitrogens with one attached hydrogen (secondary N) is 1. The van der Waals surface area contributed by atoms with Crippen LogP contribution in [0.2, 0.25) is 0 Å². The fourth-order valence-electron chi connectivity index (χ4n) is 1.98. The van der Waals surface area contributed by atoms with Crippen molar-refractivity contribution in [1.29, 1.82) is 0 Å². The summed E-state index contributed by atoms with van der Waals surface area (Å²) < 4.78 is 29.0.